The monoisotopic (exact) mass is 755 g/mol. The maximum atomic E-state index is 12.3. The van der Waals surface area contributed by atoms with E-state index in [0.717, 1.165) is 90.6 Å². The molecule has 8 nitrogen and oxygen atoms in total. The van der Waals surface area contributed by atoms with Crippen molar-refractivity contribution in [1.82, 2.24) is 0 Å². The predicted octanol–water partition coefficient (Wildman–Crippen LogP) is 7.69. The Balaban J connectivity index is 0.000000142. The van der Waals surface area contributed by atoms with E-state index in [-0.39, 0.29) is 57.5 Å². The summed E-state index contributed by atoms with van der Waals surface area (Å²) in [6.07, 6.45) is 16.5. The number of hydrogen-bond donors (Lipinski definition) is 3. The van der Waals surface area contributed by atoms with Gasteiger partial charge in [0.05, 0.1) is 44.7 Å². The molecule has 0 aromatic heterocycles. The third-order valence-electron chi connectivity index (χ3n) is 20.0. The summed E-state index contributed by atoms with van der Waals surface area (Å²) in [5.74, 6) is 4.58. The van der Waals surface area contributed by atoms with Gasteiger partial charge in [0.15, 0.2) is 11.6 Å². The molecule has 54 heavy (non-hydrogen) atoms. The van der Waals surface area contributed by atoms with Crippen LogP contribution in [0.25, 0.3) is 0 Å². The van der Waals surface area contributed by atoms with E-state index in [4.69, 9.17) is 18.9 Å². The van der Waals surface area contributed by atoms with E-state index in [1.54, 1.807) is 6.92 Å². The van der Waals surface area contributed by atoms with Gasteiger partial charge in [-0.15, -0.1) is 0 Å². The summed E-state index contributed by atoms with van der Waals surface area (Å²) in [5, 5.41) is 33.2. The second-order valence-electron chi connectivity index (χ2n) is 22.0. The number of fused-ring (bicyclic) bond motifs is 10. The molecule has 2 aliphatic heterocycles. The summed E-state index contributed by atoms with van der Waals surface area (Å²) in [7, 11) is 0. The lowest BCUT2D eigenvalue weighted by molar-refractivity contribution is -0.243. The smallest absolute Gasteiger partial charge is 0.168 e. The normalized spacial score (nSPS) is 54.3. The fraction of sp³-hybridized carbons (Fsp3) is 0.978. The van der Waals surface area contributed by atoms with Gasteiger partial charge < -0.3 is 34.3 Å². The summed E-state index contributed by atoms with van der Waals surface area (Å²) in [6.45, 7) is 16.2. The summed E-state index contributed by atoms with van der Waals surface area (Å²) in [5.41, 5.74) is 0.486. The Morgan fingerprint density at radius 2 is 1.02 bits per heavy atom. The number of aliphatic hydroxyl groups excluding tert-OH is 3. The molecule has 17 atom stereocenters. The first kappa shape index (κ1) is 38.9. The molecular formula is C46H74O8. The van der Waals surface area contributed by atoms with Crippen LogP contribution in [-0.2, 0) is 23.7 Å². The minimum atomic E-state index is -0.335. The van der Waals surface area contributed by atoms with E-state index in [1.807, 2.05) is 6.92 Å². The van der Waals surface area contributed by atoms with Crippen LogP contribution in [0, 0.1) is 80.8 Å². The van der Waals surface area contributed by atoms with Gasteiger partial charge in [0.25, 0.3) is 0 Å². The summed E-state index contributed by atoms with van der Waals surface area (Å²) >= 11 is 0. The molecule has 2 saturated heterocycles. The molecule has 2 heterocycles. The Morgan fingerprint density at radius 1 is 0.574 bits per heavy atom. The van der Waals surface area contributed by atoms with Gasteiger partial charge in [-0.25, -0.2) is 0 Å². The van der Waals surface area contributed by atoms with E-state index < -0.39 is 0 Å². The van der Waals surface area contributed by atoms with Gasteiger partial charge in [-0.3, -0.25) is 4.79 Å². The first-order valence-electron chi connectivity index (χ1n) is 22.7. The van der Waals surface area contributed by atoms with Crippen molar-refractivity contribution in [3.05, 3.63) is 0 Å². The number of rotatable bonds is 2. The van der Waals surface area contributed by atoms with Gasteiger partial charge in [0.2, 0.25) is 0 Å². The highest BCUT2D eigenvalue weighted by Crippen LogP contribution is 2.70. The fourth-order valence-electron chi connectivity index (χ4n) is 17.7. The maximum absolute atomic E-state index is 12.3. The second kappa shape index (κ2) is 13.5. The highest BCUT2D eigenvalue weighted by molar-refractivity contribution is 5.79. The average molecular weight is 755 g/mol. The van der Waals surface area contributed by atoms with Gasteiger partial charge in [-0.2, -0.15) is 0 Å². The molecular weight excluding hydrogens is 680 g/mol. The zero-order valence-corrected chi connectivity index (χ0v) is 34.5. The van der Waals surface area contributed by atoms with Gasteiger partial charge in [-0.05, 0) is 166 Å². The third kappa shape index (κ3) is 5.69. The highest BCUT2D eigenvalue weighted by atomic mass is 16.7. The number of Topliss-reactive ketones (excluding diaryl/α,β-unsaturated/α-hetero) is 1. The standard InChI is InChI=1S/C23H38O4.C23H36O4/c2*1-14(24)17-6-7-18-16-5-4-15-12-23(26-10-11-27-23)9-8-21(15,2)20(16)19(25)13-22(17,18)3/h14-20,24-25H,4-13H2,1-3H3;15-20,25H,4-13H2,1-3H3/t14?,15?,16-,17+,18-,19-,20+,21-,22+;15?,16-,17+,18-,19-,20+,21-,22+/m00/s1. The third-order valence-corrected chi connectivity index (χ3v) is 20.0. The zero-order chi connectivity index (χ0) is 38.1. The molecule has 2 spiro atoms. The van der Waals surface area contributed by atoms with Crippen LogP contribution in [-0.4, -0.2) is 77.4 Å². The number of hydrogen-bond acceptors (Lipinski definition) is 8. The Hall–Kier alpha value is -0.610. The number of aliphatic hydroxyl groups is 3. The molecule has 8 heteroatoms. The Kier molecular flexibility index (Phi) is 9.69. The van der Waals surface area contributed by atoms with Crippen LogP contribution in [0.2, 0.25) is 0 Å². The first-order valence-corrected chi connectivity index (χ1v) is 22.7. The maximum Gasteiger partial charge on any atom is 0.168 e. The van der Waals surface area contributed by atoms with Crippen LogP contribution >= 0.6 is 0 Å². The van der Waals surface area contributed by atoms with E-state index in [0.29, 0.717) is 59.0 Å². The van der Waals surface area contributed by atoms with E-state index >= 15 is 0 Å². The van der Waals surface area contributed by atoms with Crippen molar-refractivity contribution in [1.29, 1.82) is 0 Å². The van der Waals surface area contributed by atoms with Crippen molar-refractivity contribution < 1.29 is 39.1 Å². The van der Waals surface area contributed by atoms with Crippen molar-refractivity contribution in [2.75, 3.05) is 26.4 Å². The van der Waals surface area contributed by atoms with E-state index in [2.05, 4.69) is 27.7 Å². The molecule has 8 saturated carbocycles. The van der Waals surface area contributed by atoms with Crippen molar-refractivity contribution in [3.8, 4) is 0 Å². The molecule has 3 unspecified atom stereocenters. The lowest BCUT2D eigenvalue weighted by Gasteiger charge is -2.63. The second-order valence-corrected chi connectivity index (χ2v) is 22.0. The van der Waals surface area contributed by atoms with Crippen molar-refractivity contribution in [2.45, 2.75) is 174 Å². The topological polar surface area (TPSA) is 115 Å². The molecule has 0 radical (unpaired) electrons. The van der Waals surface area contributed by atoms with Crippen molar-refractivity contribution in [3.63, 3.8) is 0 Å². The summed E-state index contributed by atoms with van der Waals surface area (Å²) < 4.78 is 24.2. The quantitative estimate of drug-likeness (QED) is 0.263. The van der Waals surface area contributed by atoms with Crippen LogP contribution in [0.1, 0.15) is 144 Å². The molecule has 0 amide bonds. The molecule has 306 valence electrons. The van der Waals surface area contributed by atoms with Crippen LogP contribution < -0.4 is 0 Å². The number of ketones is 1. The first-order chi connectivity index (χ1) is 25.6. The van der Waals surface area contributed by atoms with Gasteiger partial charge in [-0.1, -0.05) is 27.7 Å². The van der Waals surface area contributed by atoms with Gasteiger partial charge in [0.1, 0.15) is 5.78 Å². The van der Waals surface area contributed by atoms with Crippen molar-refractivity contribution in [2.24, 2.45) is 80.8 Å². The Morgan fingerprint density at radius 3 is 1.48 bits per heavy atom. The Labute approximate surface area is 325 Å². The molecule has 10 fully saturated rings. The summed E-state index contributed by atoms with van der Waals surface area (Å²) in [4.78, 5) is 12.3. The molecule has 0 aromatic rings. The van der Waals surface area contributed by atoms with Gasteiger partial charge in [0, 0.05) is 31.6 Å². The number of ether oxygens (including phenoxy) is 4. The van der Waals surface area contributed by atoms with Crippen LogP contribution in [0.3, 0.4) is 0 Å². The minimum absolute atomic E-state index is 0.00315. The van der Waals surface area contributed by atoms with Crippen LogP contribution in [0.15, 0.2) is 0 Å². The molecule has 0 aromatic carbocycles. The fourth-order valence-corrected chi connectivity index (χ4v) is 17.7. The SMILES string of the molecule is CC(=O)[C@H]1CC[C@H]2[C@@H]3CCC4CC5(CC[C@]4(C)[C@H]3[C@@H](O)C[C@]12C)OCCO5.CC(O)[C@H]1CC[C@H]2[C@@H]3CCC4CC5(CC[C@]4(C)[C@H]3[C@@H](O)C[C@]12C)OCCO5. The van der Waals surface area contributed by atoms with Crippen LogP contribution in [0.4, 0.5) is 0 Å². The Bertz CT molecular complexity index is 1420. The molecule has 10 rings (SSSR count). The highest BCUT2D eigenvalue weighted by Gasteiger charge is 2.67. The zero-order valence-electron chi connectivity index (χ0n) is 34.5. The molecule has 8 aliphatic carbocycles. The largest absolute Gasteiger partial charge is 0.393 e. The minimum Gasteiger partial charge on any atom is -0.393 e. The summed E-state index contributed by atoms with van der Waals surface area (Å²) in [6, 6.07) is 0. The lowest BCUT2D eigenvalue weighted by Crippen LogP contribution is -2.60. The van der Waals surface area contributed by atoms with Crippen molar-refractivity contribution >= 4 is 5.78 Å². The molecule has 0 bridgehead atoms. The number of carbonyl (C=O) groups excluding carboxylic acids is 1. The molecule has 3 N–H and O–H groups in total. The lowest BCUT2D eigenvalue weighted by atomic mass is 9.43. The van der Waals surface area contributed by atoms with E-state index in [1.165, 1.54) is 38.5 Å². The predicted molar refractivity (Wildman–Crippen MR) is 205 cm³/mol. The molecule has 10 aliphatic rings. The average Bonchev–Trinajstić information content (AvgIpc) is 3.91. The number of carbonyl (C=O) groups is 1. The van der Waals surface area contributed by atoms with Gasteiger partial charge >= 0.3 is 0 Å². The van der Waals surface area contributed by atoms with E-state index in [9.17, 15) is 20.1 Å². The van der Waals surface area contributed by atoms with Crippen LogP contribution in [0.5, 0.6) is 0 Å².